The first-order chi connectivity index (χ1) is 10.9. The van der Waals surface area contributed by atoms with Crippen molar-refractivity contribution < 1.29 is 19.1 Å². The molecule has 0 bridgehead atoms. The summed E-state index contributed by atoms with van der Waals surface area (Å²) in [6, 6.07) is 0. The largest absolute Gasteiger partial charge is 0.456 e. The summed E-state index contributed by atoms with van der Waals surface area (Å²) in [6.07, 6.45) is 5.09. The lowest BCUT2D eigenvalue weighted by Gasteiger charge is -2.36. The van der Waals surface area contributed by atoms with Gasteiger partial charge in [-0.2, -0.15) is 0 Å². The van der Waals surface area contributed by atoms with Gasteiger partial charge in [-0.05, 0) is 72.3 Å². The van der Waals surface area contributed by atoms with E-state index in [9.17, 15) is 9.59 Å². The van der Waals surface area contributed by atoms with E-state index in [0.717, 1.165) is 24.8 Å². The molecule has 0 saturated heterocycles. The Kier molecular flexibility index (Phi) is 4.98. The van der Waals surface area contributed by atoms with Crippen molar-refractivity contribution in [3.8, 4) is 0 Å². The van der Waals surface area contributed by atoms with Crippen molar-refractivity contribution in [2.75, 3.05) is 0 Å². The Bertz CT molecular complexity index is 566. The summed E-state index contributed by atoms with van der Waals surface area (Å²) >= 11 is 0. The smallest absolute Gasteiger partial charge is 0.346 e. The summed E-state index contributed by atoms with van der Waals surface area (Å²) in [5.41, 5.74) is 1.11. The number of carbonyl (C=O) groups is 2. The highest BCUT2D eigenvalue weighted by molar-refractivity contribution is 6.15. The van der Waals surface area contributed by atoms with Gasteiger partial charge < -0.3 is 9.47 Å². The molecular weight excluding hydrogens is 304 g/mol. The quantitative estimate of drug-likeness (QED) is 0.253. The molecule has 0 N–H and O–H groups in total. The average molecular weight is 334 g/mol. The zero-order valence-corrected chi connectivity index (χ0v) is 16.0. The molecule has 2 aliphatic carbocycles. The van der Waals surface area contributed by atoms with Crippen molar-refractivity contribution in [2.45, 2.75) is 78.9 Å². The first kappa shape index (κ1) is 18.8. The molecule has 0 heterocycles. The third-order valence-corrected chi connectivity index (χ3v) is 4.31. The Morgan fingerprint density at radius 3 is 1.92 bits per heavy atom. The second-order valence-electron chi connectivity index (χ2n) is 8.78. The predicted molar refractivity (Wildman–Crippen MR) is 93.3 cm³/mol. The Hall–Kier alpha value is -1.58. The van der Waals surface area contributed by atoms with Gasteiger partial charge in [-0.15, -0.1) is 0 Å². The van der Waals surface area contributed by atoms with Crippen molar-refractivity contribution in [2.24, 2.45) is 11.8 Å². The Labute approximate surface area is 145 Å². The molecule has 24 heavy (non-hydrogen) atoms. The summed E-state index contributed by atoms with van der Waals surface area (Å²) in [7, 11) is 0. The van der Waals surface area contributed by atoms with Crippen LogP contribution in [-0.4, -0.2) is 23.1 Å². The average Bonchev–Trinajstić information content (AvgIpc) is 2.68. The van der Waals surface area contributed by atoms with Crippen molar-refractivity contribution in [3.63, 3.8) is 0 Å². The van der Waals surface area contributed by atoms with Gasteiger partial charge >= 0.3 is 11.9 Å². The fraction of sp³-hybridized carbons (Fsp3) is 0.700. The maximum Gasteiger partial charge on any atom is 0.346 e. The second-order valence-corrected chi connectivity index (χ2v) is 8.78. The van der Waals surface area contributed by atoms with Crippen LogP contribution in [0.4, 0.5) is 0 Å². The fourth-order valence-electron chi connectivity index (χ4n) is 3.30. The van der Waals surface area contributed by atoms with E-state index in [1.54, 1.807) is 41.5 Å². The van der Waals surface area contributed by atoms with E-state index in [1.165, 1.54) is 5.57 Å². The molecular formula is C20H30O4. The Balaban J connectivity index is 2.34. The predicted octanol–water partition coefficient (Wildman–Crippen LogP) is 4.34. The van der Waals surface area contributed by atoms with Gasteiger partial charge in [0, 0.05) is 5.92 Å². The third-order valence-electron chi connectivity index (χ3n) is 4.31. The molecule has 0 spiro atoms. The monoisotopic (exact) mass is 334 g/mol. The molecule has 134 valence electrons. The molecule has 0 aliphatic heterocycles. The van der Waals surface area contributed by atoms with Crippen LogP contribution >= 0.6 is 0 Å². The highest BCUT2D eigenvalue weighted by Gasteiger charge is 2.44. The summed E-state index contributed by atoms with van der Waals surface area (Å²) in [4.78, 5) is 25.3. The van der Waals surface area contributed by atoms with Gasteiger partial charge in [0.2, 0.25) is 0 Å². The van der Waals surface area contributed by atoms with Crippen molar-refractivity contribution in [1.29, 1.82) is 0 Å². The highest BCUT2D eigenvalue weighted by atomic mass is 16.6. The normalized spacial score (nSPS) is 23.1. The zero-order chi connectivity index (χ0) is 18.3. The van der Waals surface area contributed by atoms with Gasteiger partial charge in [0.25, 0.3) is 0 Å². The number of fused-ring (bicyclic) bond motifs is 1. The number of allylic oxidation sites excluding steroid dienone is 3. The van der Waals surface area contributed by atoms with Crippen molar-refractivity contribution in [1.82, 2.24) is 0 Å². The maximum absolute atomic E-state index is 12.7. The van der Waals surface area contributed by atoms with E-state index in [1.807, 2.05) is 0 Å². The molecule has 2 rings (SSSR count). The topological polar surface area (TPSA) is 52.6 Å². The molecule has 0 aromatic carbocycles. The van der Waals surface area contributed by atoms with Crippen molar-refractivity contribution >= 4 is 11.9 Å². The minimum atomic E-state index is -0.645. The van der Waals surface area contributed by atoms with Crippen molar-refractivity contribution in [3.05, 3.63) is 22.8 Å². The first-order valence-corrected chi connectivity index (χ1v) is 8.80. The molecule has 1 fully saturated rings. The van der Waals surface area contributed by atoms with Gasteiger partial charge in [-0.1, -0.05) is 18.6 Å². The molecule has 0 aromatic rings. The molecule has 1 saturated carbocycles. The van der Waals surface area contributed by atoms with E-state index in [-0.39, 0.29) is 11.5 Å². The van der Waals surface area contributed by atoms with Crippen LogP contribution < -0.4 is 0 Å². The molecule has 2 atom stereocenters. The van der Waals surface area contributed by atoms with Crippen LogP contribution in [0.3, 0.4) is 0 Å². The lowest BCUT2D eigenvalue weighted by molar-refractivity contribution is -0.158. The number of hydrogen-bond acceptors (Lipinski definition) is 4. The zero-order valence-electron chi connectivity index (χ0n) is 16.0. The standard InChI is InChI=1S/C20H30O4/c1-8-12-9-13-11-15(14(13)10-12)16(17(21)23-19(2,3)4)18(22)24-20(5,6)7/h10,13-14H,8-9,11H2,1-7H3/t13-,14-/m1/s1. The Morgan fingerprint density at radius 2 is 1.50 bits per heavy atom. The molecule has 0 aromatic heterocycles. The lowest BCUT2D eigenvalue weighted by Crippen LogP contribution is -2.36. The summed E-state index contributed by atoms with van der Waals surface area (Å²) in [5.74, 6) is -0.420. The number of esters is 2. The van der Waals surface area contributed by atoms with Gasteiger partial charge in [0.1, 0.15) is 16.8 Å². The first-order valence-electron chi connectivity index (χ1n) is 8.80. The van der Waals surface area contributed by atoms with Crippen LogP contribution in [0.2, 0.25) is 0 Å². The van der Waals surface area contributed by atoms with Gasteiger partial charge in [0.05, 0.1) is 0 Å². The fourth-order valence-corrected chi connectivity index (χ4v) is 3.30. The number of rotatable bonds is 3. The number of carbonyl (C=O) groups excluding carboxylic acids is 2. The lowest BCUT2D eigenvalue weighted by atomic mass is 9.69. The van der Waals surface area contributed by atoms with E-state index >= 15 is 0 Å². The van der Waals surface area contributed by atoms with Crippen LogP contribution in [0, 0.1) is 11.8 Å². The van der Waals surface area contributed by atoms with Crippen LogP contribution in [0.5, 0.6) is 0 Å². The summed E-state index contributed by atoms with van der Waals surface area (Å²) in [6.45, 7) is 13.0. The van der Waals surface area contributed by atoms with Crippen LogP contribution in [-0.2, 0) is 19.1 Å². The molecule has 0 radical (unpaired) electrons. The van der Waals surface area contributed by atoms with E-state index < -0.39 is 23.1 Å². The SMILES string of the molecule is CCC1=C[C@H]2C(=C(C(=O)OC(C)(C)C)C(=O)OC(C)(C)C)C[C@H]2C1. The van der Waals surface area contributed by atoms with E-state index in [0.29, 0.717) is 5.92 Å². The van der Waals surface area contributed by atoms with Gasteiger partial charge in [-0.25, -0.2) is 9.59 Å². The third kappa shape index (κ3) is 4.28. The summed E-state index contributed by atoms with van der Waals surface area (Å²) < 4.78 is 11.0. The van der Waals surface area contributed by atoms with Crippen LogP contribution in [0.25, 0.3) is 0 Å². The number of ether oxygens (including phenoxy) is 2. The summed E-state index contributed by atoms with van der Waals surface area (Å²) in [5, 5.41) is 0. The molecule has 4 nitrogen and oxygen atoms in total. The second kappa shape index (κ2) is 6.38. The van der Waals surface area contributed by atoms with Gasteiger partial charge in [0.15, 0.2) is 0 Å². The maximum atomic E-state index is 12.7. The van der Waals surface area contributed by atoms with E-state index in [4.69, 9.17) is 9.47 Å². The molecule has 2 aliphatic rings. The van der Waals surface area contributed by atoms with E-state index in [2.05, 4.69) is 13.0 Å². The highest BCUT2D eigenvalue weighted by Crippen LogP contribution is 2.51. The molecule has 0 amide bonds. The molecule has 0 unspecified atom stereocenters. The van der Waals surface area contributed by atoms with Crippen LogP contribution in [0.1, 0.15) is 67.7 Å². The van der Waals surface area contributed by atoms with Crippen LogP contribution in [0.15, 0.2) is 22.8 Å². The minimum Gasteiger partial charge on any atom is -0.456 e. The Morgan fingerprint density at radius 1 is 1.00 bits per heavy atom. The minimum absolute atomic E-state index is 0.106. The van der Waals surface area contributed by atoms with Gasteiger partial charge in [-0.3, -0.25) is 0 Å². The number of hydrogen-bond donors (Lipinski definition) is 0. The molecule has 4 heteroatoms.